The molecule has 0 amide bonds. The van der Waals surface area contributed by atoms with E-state index in [0.717, 1.165) is 9.98 Å². The topological polar surface area (TPSA) is 103 Å². The van der Waals surface area contributed by atoms with Crippen molar-refractivity contribution in [3.05, 3.63) is 59.4 Å². The minimum Gasteiger partial charge on any atom is -0.754 e. The average molecular weight is 464 g/mol. The van der Waals surface area contributed by atoms with Gasteiger partial charge in [-0.2, -0.15) is 0 Å². The molecule has 172 valence electrons. The molecule has 0 aliphatic carbocycles. The summed E-state index contributed by atoms with van der Waals surface area (Å²) in [6.07, 6.45) is -0.475. The fourth-order valence-corrected chi connectivity index (χ4v) is 4.23. The van der Waals surface area contributed by atoms with Gasteiger partial charge < -0.3 is 24.1 Å². The molecule has 0 saturated carbocycles. The van der Waals surface area contributed by atoms with Crippen LogP contribution in [0, 0.1) is 5.82 Å². The Morgan fingerprint density at radius 3 is 2.66 bits per heavy atom. The predicted octanol–water partition coefficient (Wildman–Crippen LogP) is 1.55. The molecule has 0 aromatic heterocycles. The molecule has 1 N–H and O–H groups in total. The number of carbonyl (C=O) groups is 1. The fourth-order valence-electron chi connectivity index (χ4n) is 3.57. The number of methoxy groups -OCH3 is 1. The van der Waals surface area contributed by atoms with E-state index >= 15 is 0 Å². The van der Waals surface area contributed by atoms with Gasteiger partial charge in [-0.25, -0.2) is 18.6 Å². The van der Waals surface area contributed by atoms with Gasteiger partial charge in [0.2, 0.25) is 0 Å². The third kappa shape index (κ3) is 4.92. The number of hydrogen-bond donors (Lipinski definition) is 1. The molecule has 2 atom stereocenters. The third-order valence-corrected chi connectivity index (χ3v) is 6.02. The average Bonchev–Trinajstić information content (AvgIpc) is 2.77. The lowest BCUT2D eigenvalue weighted by molar-refractivity contribution is -0.0280. The van der Waals surface area contributed by atoms with Crippen molar-refractivity contribution < 1.29 is 32.2 Å². The zero-order valence-electron chi connectivity index (χ0n) is 17.4. The standard InChI is InChI=1S/C21H24FN3O6S/c1-29-21(26)18-10-16(31-17-11-23-12-17)6-7-19(18)25(32(27)28)24-8-9-30-20(13-24)14-2-4-15(22)5-3-14/h2-7,10,17,20,23H,8-9,11-13H2,1H3,(H,27,28)/p-1. The number of rotatable bonds is 7. The number of nitrogens with zero attached hydrogens (tertiary/aromatic N) is 2. The predicted molar refractivity (Wildman–Crippen MR) is 113 cm³/mol. The maximum absolute atomic E-state index is 13.3. The largest absolute Gasteiger partial charge is 0.754 e. The van der Waals surface area contributed by atoms with Crippen LogP contribution >= 0.6 is 0 Å². The smallest absolute Gasteiger partial charge is 0.340 e. The molecule has 2 heterocycles. The van der Waals surface area contributed by atoms with Crippen LogP contribution in [-0.4, -0.2) is 65.7 Å². The molecule has 32 heavy (non-hydrogen) atoms. The summed E-state index contributed by atoms with van der Waals surface area (Å²) in [5, 5.41) is 4.66. The minimum absolute atomic E-state index is 0.00759. The zero-order valence-corrected chi connectivity index (χ0v) is 18.2. The molecule has 0 spiro atoms. The maximum Gasteiger partial charge on any atom is 0.340 e. The molecular weight excluding hydrogens is 441 g/mol. The van der Waals surface area contributed by atoms with Crippen molar-refractivity contribution in [1.82, 2.24) is 10.3 Å². The second-order valence-corrected chi connectivity index (χ2v) is 8.16. The number of hydrogen-bond acceptors (Lipinski definition) is 8. The molecule has 2 aromatic rings. The number of benzene rings is 2. The van der Waals surface area contributed by atoms with Gasteiger partial charge in [-0.15, -0.1) is 0 Å². The van der Waals surface area contributed by atoms with Crippen LogP contribution in [0.25, 0.3) is 0 Å². The molecule has 2 unspecified atom stereocenters. The monoisotopic (exact) mass is 464 g/mol. The van der Waals surface area contributed by atoms with Crippen LogP contribution < -0.4 is 14.5 Å². The highest BCUT2D eigenvalue weighted by molar-refractivity contribution is 7.80. The first-order chi connectivity index (χ1) is 15.5. The van der Waals surface area contributed by atoms with Gasteiger partial charge in [-0.1, -0.05) is 12.1 Å². The minimum atomic E-state index is -2.73. The molecule has 9 nitrogen and oxygen atoms in total. The number of nitrogens with one attached hydrogen (secondary N) is 1. The van der Waals surface area contributed by atoms with E-state index in [-0.39, 0.29) is 42.9 Å². The first kappa shape index (κ1) is 22.6. The Bertz CT molecular complexity index is 988. The molecular formula is C21H23FN3O6S-. The highest BCUT2D eigenvalue weighted by Gasteiger charge is 2.30. The number of morpholine rings is 1. The van der Waals surface area contributed by atoms with E-state index in [1.54, 1.807) is 23.2 Å². The Balaban J connectivity index is 1.62. The van der Waals surface area contributed by atoms with Crippen LogP contribution in [0.3, 0.4) is 0 Å². The first-order valence-electron chi connectivity index (χ1n) is 10.1. The number of esters is 1. The maximum atomic E-state index is 13.3. The van der Waals surface area contributed by atoms with Crippen LogP contribution in [0.5, 0.6) is 5.75 Å². The fraction of sp³-hybridized carbons (Fsp3) is 0.381. The van der Waals surface area contributed by atoms with Gasteiger partial charge in [0.15, 0.2) is 0 Å². The summed E-state index contributed by atoms with van der Waals surface area (Å²) < 4.78 is 55.3. The molecule has 2 fully saturated rings. The summed E-state index contributed by atoms with van der Waals surface area (Å²) in [5.74, 6) is -0.606. The van der Waals surface area contributed by atoms with Gasteiger partial charge in [0, 0.05) is 26.2 Å². The molecule has 2 aliphatic heterocycles. The van der Waals surface area contributed by atoms with Crippen molar-refractivity contribution in [1.29, 1.82) is 0 Å². The Morgan fingerprint density at radius 2 is 2.03 bits per heavy atom. The number of anilines is 1. The van der Waals surface area contributed by atoms with Crippen molar-refractivity contribution in [2.45, 2.75) is 12.2 Å². The van der Waals surface area contributed by atoms with E-state index in [2.05, 4.69) is 5.32 Å². The molecule has 4 rings (SSSR count). The Morgan fingerprint density at radius 1 is 1.28 bits per heavy atom. The van der Waals surface area contributed by atoms with Gasteiger partial charge in [-0.3, -0.25) is 4.21 Å². The first-order valence-corrected chi connectivity index (χ1v) is 11.1. The molecule has 2 aromatic carbocycles. The van der Waals surface area contributed by atoms with E-state index in [1.165, 1.54) is 31.4 Å². The summed E-state index contributed by atoms with van der Waals surface area (Å²) in [6.45, 7) is 2.11. The van der Waals surface area contributed by atoms with Gasteiger partial charge >= 0.3 is 5.97 Å². The Kier molecular flexibility index (Phi) is 7.01. The highest BCUT2D eigenvalue weighted by Crippen LogP contribution is 2.32. The van der Waals surface area contributed by atoms with Gasteiger partial charge in [-0.05, 0) is 35.9 Å². The van der Waals surface area contributed by atoms with Crippen molar-refractivity contribution in [2.24, 2.45) is 0 Å². The summed E-state index contributed by atoms with van der Waals surface area (Å²) in [4.78, 5) is 12.5. The van der Waals surface area contributed by atoms with E-state index in [9.17, 15) is 17.9 Å². The lowest BCUT2D eigenvalue weighted by Crippen LogP contribution is -2.51. The van der Waals surface area contributed by atoms with Gasteiger partial charge in [0.25, 0.3) is 0 Å². The lowest BCUT2D eigenvalue weighted by atomic mass is 10.1. The molecule has 0 bridgehead atoms. The van der Waals surface area contributed by atoms with Crippen LogP contribution in [-0.2, 0) is 20.7 Å². The van der Waals surface area contributed by atoms with Gasteiger partial charge in [0.05, 0.1) is 42.3 Å². The van der Waals surface area contributed by atoms with Crippen LogP contribution in [0.1, 0.15) is 22.0 Å². The van der Waals surface area contributed by atoms with E-state index < -0.39 is 23.3 Å². The Hall–Kier alpha value is -2.57. The summed E-state index contributed by atoms with van der Waals surface area (Å²) in [5.41, 5.74) is 0.925. The number of carbonyl (C=O) groups excluding carboxylic acids is 1. The normalized spacial score (nSPS) is 20.3. The van der Waals surface area contributed by atoms with E-state index in [1.807, 2.05) is 0 Å². The van der Waals surface area contributed by atoms with Crippen molar-refractivity contribution in [3.8, 4) is 5.75 Å². The zero-order chi connectivity index (χ0) is 22.7. The highest BCUT2D eigenvalue weighted by atomic mass is 32.2. The molecule has 0 radical (unpaired) electrons. The summed E-state index contributed by atoms with van der Waals surface area (Å²) in [7, 11) is 1.23. The van der Waals surface area contributed by atoms with Crippen LogP contribution in [0.2, 0.25) is 0 Å². The van der Waals surface area contributed by atoms with Crippen molar-refractivity contribution in [2.75, 3.05) is 44.3 Å². The molecule has 2 saturated heterocycles. The van der Waals surface area contributed by atoms with E-state index in [0.29, 0.717) is 18.8 Å². The Labute approximate surface area is 187 Å². The molecule has 11 heteroatoms. The quantitative estimate of drug-likeness (QED) is 0.486. The van der Waals surface area contributed by atoms with Gasteiger partial charge in [0.1, 0.15) is 17.7 Å². The van der Waals surface area contributed by atoms with Crippen LogP contribution in [0.15, 0.2) is 42.5 Å². The third-order valence-electron chi connectivity index (χ3n) is 5.31. The SMILES string of the molecule is COC(=O)c1cc(OC2CNC2)ccc1N(N1CCOC(c2ccc(F)cc2)C1)S(=O)[O-]. The second kappa shape index (κ2) is 9.92. The summed E-state index contributed by atoms with van der Waals surface area (Å²) >= 11 is -2.73. The molecule has 2 aliphatic rings. The van der Waals surface area contributed by atoms with Crippen molar-refractivity contribution in [3.63, 3.8) is 0 Å². The van der Waals surface area contributed by atoms with Crippen molar-refractivity contribution >= 4 is 22.9 Å². The lowest BCUT2D eigenvalue weighted by Gasteiger charge is -2.42. The number of hydrazine groups is 1. The number of halogens is 1. The number of ether oxygens (including phenoxy) is 3. The second-order valence-electron chi connectivity index (χ2n) is 7.38. The van der Waals surface area contributed by atoms with E-state index in [4.69, 9.17) is 14.2 Å². The van der Waals surface area contributed by atoms with Crippen LogP contribution in [0.4, 0.5) is 10.1 Å². The summed E-state index contributed by atoms with van der Waals surface area (Å²) in [6, 6.07) is 10.5.